The van der Waals surface area contributed by atoms with Crippen LogP contribution < -0.4 is 14.9 Å². The molecule has 1 aromatic carbocycles. The first-order valence-electron chi connectivity index (χ1n) is 13.8. The fourth-order valence-electron chi connectivity index (χ4n) is 5.48. The normalized spacial score (nSPS) is 22.6. The van der Waals surface area contributed by atoms with E-state index in [1.54, 1.807) is 31.4 Å². The Labute approximate surface area is 250 Å². The summed E-state index contributed by atoms with van der Waals surface area (Å²) in [6.07, 6.45) is 11.4. The van der Waals surface area contributed by atoms with Crippen molar-refractivity contribution in [3.63, 3.8) is 0 Å². The summed E-state index contributed by atoms with van der Waals surface area (Å²) in [7, 11) is -0.415. The lowest BCUT2D eigenvalue weighted by molar-refractivity contribution is -0.0601. The van der Waals surface area contributed by atoms with Gasteiger partial charge in [0.05, 0.1) is 30.9 Å². The molecule has 9 nitrogen and oxygen atoms in total. The topological polar surface area (TPSA) is 99.7 Å². The fourth-order valence-corrected chi connectivity index (χ4v) is 6.14. The van der Waals surface area contributed by atoms with Crippen LogP contribution in [0.3, 0.4) is 0 Å². The van der Waals surface area contributed by atoms with Crippen molar-refractivity contribution in [2.24, 2.45) is 0 Å². The number of likely N-dealkylation sites (tertiary alicyclic amines) is 1. The first-order chi connectivity index (χ1) is 19.9. The maximum atomic E-state index is 13.7. The van der Waals surface area contributed by atoms with Gasteiger partial charge < -0.3 is 15.4 Å². The smallest absolute Gasteiger partial charge is 0.250 e. The molecule has 2 atom stereocenters. The first-order valence-corrected chi connectivity index (χ1v) is 16.1. The zero-order valence-electron chi connectivity index (χ0n) is 23.8. The number of nitrogens with one attached hydrogen (secondary N) is 2. The van der Waals surface area contributed by atoms with Crippen molar-refractivity contribution in [2.75, 3.05) is 48.4 Å². The number of hydrogen-bond acceptors (Lipinski definition) is 8. The molecule has 2 N–H and O–H groups in total. The molecule has 0 radical (unpaired) electrons. The Morgan fingerprint density at radius 3 is 2.64 bits per heavy atom. The van der Waals surface area contributed by atoms with E-state index in [0.717, 1.165) is 36.7 Å². The number of nitrogens with zero attached hydrogens (tertiary/aromatic N) is 4. The third kappa shape index (κ3) is 6.87. The van der Waals surface area contributed by atoms with Crippen molar-refractivity contribution in [1.82, 2.24) is 14.9 Å². The molecule has 0 bridgehead atoms. The predicted octanol–water partition coefficient (Wildman–Crippen LogP) is 5.73. The molecule has 0 saturated carbocycles. The van der Waals surface area contributed by atoms with Crippen molar-refractivity contribution in [3.8, 4) is 0 Å². The Bertz CT molecular complexity index is 1520. The van der Waals surface area contributed by atoms with Gasteiger partial charge in [-0.2, -0.15) is 4.98 Å². The number of rotatable bonds is 8. The number of allylic oxidation sites excluding steroid dienone is 3. The number of methoxy groups -OCH3 is 1. The monoisotopic (exact) mass is 620 g/mol. The molecule has 1 aliphatic heterocycles. The minimum Gasteiger partial charge on any atom is -0.499 e. The lowest BCUT2D eigenvalue weighted by atomic mass is 9.93. The van der Waals surface area contributed by atoms with Crippen LogP contribution in [0.15, 0.2) is 65.6 Å². The van der Waals surface area contributed by atoms with Crippen molar-refractivity contribution in [3.05, 3.63) is 70.6 Å². The summed E-state index contributed by atoms with van der Waals surface area (Å²) in [6.45, 7) is 0.787. The van der Waals surface area contributed by atoms with Crippen LogP contribution in [0.4, 0.5) is 31.9 Å². The molecule has 1 fully saturated rings. The van der Waals surface area contributed by atoms with E-state index in [1.807, 2.05) is 6.08 Å². The third-order valence-electron chi connectivity index (χ3n) is 7.92. The summed E-state index contributed by atoms with van der Waals surface area (Å²) in [5.74, 6) is -1.29. The molecule has 2 aromatic rings. The molecular formula is C29H35ClF2N6O3S. The number of fused-ring (bicyclic) bond motifs is 1. The van der Waals surface area contributed by atoms with Gasteiger partial charge in [0.25, 0.3) is 5.92 Å². The highest BCUT2D eigenvalue weighted by atomic mass is 35.5. The van der Waals surface area contributed by atoms with E-state index in [2.05, 4.69) is 37.7 Å². The number of piperidine rings is 1. The van der Waals surface area contributed by atoms with Gasteiger partial charge in [-0.3, -0.25) is 9.21 Å². The van der Waals surface area contributed by atoms with Gasteiger partial charge in [-0.05, 0) is 48.6 Å². The van der Waals surface area contributed by atoms with E-state index in [0.29, 0.717) is 42.0 Å². The summed E-state index contributed by atoms with van der Waals surface area (Å²) in [6, 6.07) is 6.72. The molecule has 42 heavy (non-hydrogen) atoms. The molecule has 226 valence electrons. The lowest BCUT2D eigenvalue weighted by Gasteiger charge is -2.36. The molecule has 13 heteroatoms. The van der Waals surface area contributed by atoms with E-state index < -0.39 is 15.9 Å². The molecule has 3 aliphatic rings. The Kier molecular flexibility index (Phi) is 8.77. The second-order valence-corrected chi connectivity index (χ2v) is 13.2. The number of aromatic nitrogens is 2. The van der Waals surface area contributed by atoms with E-state index in [4.69, 9.17) is 16.3 Å². The summed E-state index contributed by atoms with van der Waals surface area (Å²) < 4.78 is 58.7. The maximum Gasteiger partial charge on any atom is 0.250 e. The number of para-hydroxylation sites is 2. The Balaban J connectivity index is 1.35. The summed E-state index contributed by atoms with van der Waals surface area (Å²) in [4.78, 5) is 11.1. The summed E-state index contributed by atoms with van der Waals surface area (Å²) >= 11 is 6.42. The molecule has 2 heterocycles. The van der Waals surface area contributed by atoms with Crippen LogP contribution in [-0.2, 0) is 14.8 Å². The molecule has 2 unspecified atom stereocenters. The molecule has 0 spiro atoms. The second kappa shape index (κ2) is 12.2. The van der Waals surface area contributed by atoms with Crippen molar-refractivity contribution >= 4 is 44.8 Å². The van der Waals surface area contributed by atoms with Gasteiger partial charge >= 0.3 is 0 Å². The molecule has 1 aromatic heterocycles. The standard InChI is InChI=1S/C29H35ClF2N6O3S/c1-37(42(3,39)40)25-10-5-4-9-23(25)34-27-22(30)18-33-28(36-27)35-24-16-19-7-6-8-21(15-20(19)17-26(24)41-2)38-13-11-29(31,32)12-14-38/h4-5,9-10,15-18,21,24H,6-8,11-14H2,1-3H3,(H2,33,34,35,36). The quantitative estimate of drug-likeness (QED) is 0.386. The summed E-state index contributed by atoms with van der Waals surface area (Å²) in [5, 5.41) is 6.72. The van der Waals surface area contributed by atoms with E-state index in [9.17, 15) is 17.2 Å². The van der Waals surface area contributed by atoms with E-state index in [1.165, 1.54) is 17.5 Å². The number of ether oxygens (including phenoxy) is 1. The van der Waals surface area contributed by atoms with Gasteiger partial charge in [-0.25, -0.2) is 22.2 Å². The minimum absolute atomic E-state index is 0.0988. The van der Waals surface area contributed by atoms with Crippen molar-refractivity contribution in [2.45, 2.75) is 50.1 Å². The van der Waals surface area contributed by atoms with Crippen LogP contribution in [0.2, 0.25) is 5.02 Å². The molecule has 5 rings (SSSR count). The van der Waals surface area contributed by atoms with E-state index >= 15 is 0 Å². The van der Waals surface area contributed by atoms with Crippen molar-refractivity contribution in [1.29, 1.82) is 0 Å². The average molecular weight is 621 g/mol. The Hall–Kier alpha value is -3.22. The van der Waals surface area contributed by atoms with Crippen LogP contribution in [0.25, 0.3) is 0 Å². The maximum absolute atomic E-state index is 13.7. The largest absolute Gasteiger partial charge is 0.499 e. The van der Waals surface area contributed by atoms with Gasteiger partial charge in [0.1, 0.15) is 16.8 Å². The zero-order valence-corrected chi connectivity index (χ0v) is 25.4. The number of benzene rings is 1. The van der Waals surface area contributed by atoms with Crippen LogP contribution in [0, 0.1) is 0 Å². The summed E-state index contributed by atoms with van der Waals surface area (Å²) in [5.41, 5.74) is 3.16. The second-order valence-electron chi connectivity index (χ2n) is 10.8. The molecule has 2 aliphatic carbocycles. The molecule has 1 saturated heterocycles. The van der Waals surface area contributed by atoms with Gasteiger partial charge in [-0.1, -0.05) is 35.9 Å². The number of halogens is 3. The van der Waals surface area contributed by atoms with E-state index in [-0.39, 0.29) is 29.9 Å². The van der Waals surface area contributed by atoms with Gasteiger partial charge in [0, 0.05) is 39.0 Å². The first kappa shape index (κ1) is 30.2. The minimum atomic E-state index is -3.49. The van der Waals surface area contributed by atoms with Crippen LogP contribution in [-0.4, -0.2) is 74.8 Å². The number of hydrogen-bond donors (Lipinski definition) is 2. The fraction of sp³-hybridized carbons (Fsp3) is 0.448. The van der Waals surface area contributed by atoms with Gasteiger partial charge in [-0.15, -0.1) is 0 Å². The highest BCUT2D eigenvalue weighted by Crippen LogP contribution is 2.36. The third-order valence-corrected chi connectivity index (χ3v) is 9.39. The SMILES string of the molecule is COC1=CC2=CC(N3CCC(F)(F)CC3)CCCC2=CC1Nc1ncc(Cl)c(Nc2ccccc2N(C)S(C)(=O)=O)n1. The van der Waals surface area contributed by atoms with Gasteiger partial charge in [0.2, 0.25) is 16.0 Å². The highest BCUT2D eigenvalue weighted by Gasteiger charge is 2.36. The Morgan fingerprint density at radius 2 is 1.93 bits per heavy atom. The number of anilines is 4. The molecule has 0 amide bonds. The predicted molar refractivity (Wildman–Crippen MR) is 162 cm³/mol. The van der Waals surface area contributed by atoms with Crippen LogP contribution >= 0.6 is 11.6 Å². The van der Waals surface area contributed by atoms with Gasteiger partial charge in [0.15, 0.2) is 5.82 Å². The lowest BCUT2D eigenvalue weighted by Crippen LogP contribution is -2.44. The Morgan fingerprint density at radius 1 is 1.19 bits per heavy atom. The zero-order chi connectivity index (χ0) is 30.1. The van der Waals surface area contributed by atoms with Crippen LogP contribution in [0.5, 0.6) is 0 Å². The number of alkyl halides is 2. The average Bonchev–Trinajstić information content (AvgIpc) is 3.15. The van der Waals surface area contributed by atoms with Crippen LogP contribution in [0.1, 0.15) is 32.1 Å². The van der Waals surface area contributed by atoms with Crippen molar-refractivity contribution < 1.29 is 21.9 Å². The molecular weight excluding hydrogens is 586 g/mol. The highest BCUT2D eigenvalue weighted by molar-refractivity contribution is 7.92. The number of sulfonamides is 1.